The van der Waals surface area contributed by atoms with Crippen molar-refractivity contribution in [2.24, 2.45) is 0 Å². The first-order valence-corrected chi connectivity index (χ1v) is 6.74. The molecule has 0 spiro atoms. The zero-order valence-electron chi connectivity index (χ0n) is 11.2. The van der Waals surface area contributed by atoms with Crippen molar-refractivity contribution in [3.8, 4) is 0 Å². The number of nitrogens with one attached hydrogen (secondary N) is 1. The van der Waals surface area contributed by atoms with E-state index in [1.807, 2.05) is 0 Å². The summed E-state index contributed by atoms with van der Waals surface area (Å²) in [5.41, 5.74) is 2.71. The average molecular weight is 232 g/mol. The molecule has 1 fully saturated rings. The first kappa shape index (κ1) is 12.4. The van der Waals surface area contributed by atoms with Gasteiger partial charge in [-0.3, -0.25) is 0 Å². The van der Waals surface area contributed by atoms with Gasteiger partial charge in [0.15, 0.2) is 0 Å². The van der Waals surface area contributed by atoms with Gasteiger partial charge < -0.3 is 10.2 Å². The van der Waals surface area contributed by atoms with Crippen LogP contribution in [0.2, 0.25) is 0 Å². The summed E-state index contributed by atoms with van der Waals surface area (Å²) in [6.07, 6.45) is 2.46. The van der Waals surface area contributed by atoms with Gasteiger partial charge in [0.2, 0.25) is 0 Å². The maximum absolute atomic E-state index is 3.61. The highest BCUT2D eigenvalue weighted by Gasteiger charge is 2.18. The quantitative estimate of drug-likeness (QED) is 0.856. The summed E-state index contributed by atoms with van der Waals surface area (Å²) in [7, 11) is 2.19. The molecule has 2 rings (SSSR count). The normalized spacial score (nSPS) is 22.6. The fraction of sp³-hybridized carbons (Fsp3) is 0.600. The highest BCUT2D eigenvalue weighted by molar-refractivity contribution is 5.46. The van der Waals surface area contributed by atoms with Gasteiger partial charge in [0.1, 0.15) is 0 Å². The Bertz CT molecular complexity index is 344. The molecule has 1 N–H and O–H groups in total. The molecule has 2 nitrogen and oxygen atoms in total. The van der Waals surface area contributed by atoms with Gasteiger partial charge >= 0.3 is 0 Å². The number of benzene rings is 1. The van der Waals surface area contributed by atoms with Crippen LogP contribution in [0, 0.1) is 0 Å². The second-order valence-corrected chi connectivity index (χ2v) is 5.32. The van der Waals surface area contributed by atoms with Crippen molar-refractivity contribution in [2.45, 2.75) is 38.6 Å². The molecule has 1 heterocycles. The number of likely N-dealkylation sites (tertiary alicyclic amines) is 1. The van der Waals surface area contributed by atoms with Gasteiger partial charge in [-0.05, 0) is 50.0 Å². The van der Waals surface area contributed by atoms with Crippen LogP contribution in [0.1, 0.15) is 38.2 Å². The minimum atomic E-state index is 0.620. The highest BCUT2D eigenvalue weighted by atomic mass is 15.2. The Morgan fingerprint density at radius 2 is 2.06 bits per heavy atom. The van der Waals surface area contributed by atoms with Gasteiger partial charge in [-0.1, -0.05) is 26.0 Å². The van der Waals surface area contributed by atoms with Crippen molar-refractivity contribution in [3.63, 3.8) is 0 Å². The lowest BCUT2D eigenvalue weighted by Gasteiger charge is -2.15. The zero-order chi connectivity index (χ0) is 12.3. The number of hydrogen-bond acceptors (Lipinski definition) is 2. The first-order valence-electron chi connectivity index (χ1n) is 6.74. The van der Waals surface area contributed by atoms with Crippen LogP contribution in [-0.4, -0.2) is 31.1 Å². The van der Waals surface area contributed by atoms with Crippen LogP contribution >= 0.6 is 0 Å². The molecule has 1 aliphatic heterocycles. The van der Waals surface area contributed by atoms with Gasteiger partial charge in [-0.25, -0.2) is 0 Å². The Balaban J connectivity index is 1.94. The fourth-order valence-electron chi connectivity index (χ4n) is 2.43. The van der Waals surface area contributed by atoms with Gasteiger partial charge in [-0.15, -0.1) is 0 Å². The van der Waals surface area contributed by atoms with E-state index in [1.165, 1.54) is 30.6 Å². The molecular weight excluding hydrogens is 208 g/mol. The van der Waals surface area contributed by atoms with E-state index < -0.39 is 0 Å². The molecule has 2 heteroatoms. The van der Waals surface area contributed by atoms with Crippen LogP contribution in [0.5, 0.6) is 0 Å². The minimum absolute atomic E-state index is 0.620. The Kier molecular flexibility index (Phi) is 4.06. The van der Waals surface area contributed by atoms with Crippen molar-refractivity contribution < 1.29 is 0 Å². The summed E-state index contributed by atoms with van der Waals surface area (Å²) in [6.45, 7) is 6.90. The Morgan fingerprint density at radius 1 is 1.35 bits per heavy atom. The van der Waals surface area contributed by atoms with Crippen LogP contribution in [-0.2, 0) is 0 Å². The molecule has 0 aliphatic carbocycles. The van der Waals surface area contributed by atoms with Crippen LogP contribution in [0.25, 0.3) is 0 Å². The predicted octanol–water partition coefficient (Wildman–Crippen LogP) is 3.32. The summed E-state index contributed by atoms with van der Waals surface area (Å²) < 4.78 is 0. The third-order valence-corrected chi connectivity index (χ3v) is 3.85. The largest absolute Gasteiger partial charge is 0.381 e. The summed E-state index contributed by atoms with van der Waals surface area (Å²) in [5, 5.41) is 3.61. The SMILES string of the molecule is CCC(C)c1ccc(NC2CCN(C)C2)cc1. The lowest BCUT2D eigenvalue weighted by molar-refractivity contribution is 0.414. The molecule has 2 atom stereocenters. The second kappa shape index (κ2) is 5.54. The lowest BCUT2D eigenvalue weighted by Crippen LogP contribution is -2.23. The summed E-state index contributed by atoms with van der Waals surface area (Å²) in [4.78, 5) is 2.38. The molecule has 17 heavy (non-hydrogen) atoms. The zero-order valence-corrected chi connectivity index (χ0v) is 11.2. The van der Waals surface area contributed by atoms with Crippen LogP contribution in [0.3, 0.4) is 0 Å². The van der Waals surface area contributed by atoms with Crippen molar-refractivity contribution >= 4 is 5.69 Å². The molecule has 0 radical (unpaired) electrons. The number of rotatable bonds is 4. The number of hydrogen-bond donors (Lipinski definition) is 1. The monoisotopic (exact) mass is 232 g/mol. The summed E-state index contributed by atoms with van der Waals surface area (Å²) in [6, 6.07) is 9.58. The van der Waals surface area contributed by atoms with E-state index in [0.717, 1.165) is 6.54 Å². The Labute approximate surface area is 105 Å². The fourth-order valence-corrected chi connectivity index (χ4v) is 2.43. The van der Waals surface area contributed by atoms with E-state index in [4.69, 9.17) is 0 Å². The topological polar surface area (TPSA) is 15.3 Å². The van der Waals surface area contributed by atoms with Gasteiger partial charge in [-0.2, -0.15) is 0 Å². The maximum atomic E-state index is 3.61. The Hall–Kier alpha value is -1.02. The average Bonchev–Trinajstić information content (AvgIpc) is 2.75. The molecule has 0 amide bonds. The molecule has 1 aliphatic rings. The number of nitrogens with zero attached hydrogens (tertiary/aromatic N) is 1. The summed E-state index contributed by atoms with van der Waals surface area (Å²) in [5.74, 6) is 0.668. The van der Waals surface area contributed by atoms with Crippen molar-refractivity contribution in [1.82, 2.24) is 4.90 Å². The maximum Gasteiger partial charge on any atom is 0.0400 e. The summed E-state index contributed by atoms with van der Waals surface area (Å²) >= 11 is 0. The third-order valence-electron chi connectivity index (χ3n) is 3.85. The highest BCUT2D eigenvalue weighted by Crippen LogP contribution is 2.21. The van der Waals surface area contributed by atoms with Gasteiger partial charge in [0.05, 0.1) is 0 Å². The van der Waals surface area contributed by atoms with Gasteiger partial charge in [0.25, 0.3) is 0 Å². The van der Waals surface area contributed by atoms with Crippen LogP contribution in [0.15, 0.2) is 24.3 Å². The molecule has 2 unspecified atom stereocenters. The number of likely N-dealkylation sites (N-methyl/N-ethyl adjacent to an activating group) is 1. The smallest absolute Gasteiger partial charge is 0.0400 e. The molecule has 1 aromatic carbocycles. The van der Waals surface area contributed by atoms with Crippen molar-refractivity contribution in [3.05, 3.63) is 29.8 Å². The third kappa shape index (κ3) is 3.22. The molecular formula is C15H24N2. The molecule has 1 aromatic rings. The van der Waals surface area contributed by atoms with E-state index in [-0.39, 0.29) is 0 Å². The molecule has 0 bridgehead atoms. The van der Waals surface area contributed by atoms with E-state index in [0.29, 0.717) is 12.0 Å². The second-order valence-electron chi connectivity index (χ2n) is 5.32. The molecule has 94 valence electrons. The van der Waals surface area contributed by atoms with Gasteiger partial charge in [0, 0.05) is 18.3 Å². The lowest BCUT2D eigenvalue weighted by atomic mass is 9.98. The van der Waals surface area contributed by atoms with E-state index in [2.05, 4.69) is 55.4 Å². The number of anilines is 1. The predicted molar refractivity (Wildman–Crippen MR) is 74.7 cm³/mol. The van der Waals surface area contributed by atoms with Crippen molar-refractivity contribution in [2.75, 3.05) is 25.5 Å². The van der Waals surface area contributed by atoms with E-state index >= 15 is 0 Å². The standard InChI is InChI=1S/C15H24N2/c1-4-12(2)13-5-7-14(8-6-13)16-15-9-10-17(3)11-15/h5-8,12,15-16H,4,9-11H2,1-3H3. The molecule has 0 aromatic heterocycles. The minimum Gasteiger partial charge on any atom is -0.381 e. The van der Waals surface area contributed by atoms with Crippen LogP contribution < -0.4 is 5.32 Å². The van der Waals surface area contributed by atoms with E-state index in [9.17, 15) is 0 Å². The van der Waals surface area contributed by atoms with E-state index in [1.54, 1.807) is 0 Å². The molecule has 0 saturated carbocycles. The Morgan fingerprint density at radius 3 is 2.59 bits per heavy atom. The molecule has 1 saturated heterocycles. The van der Waals surface area contributed by atoms with Crippen LogP contribution in [0.4, 0.5) is 5.69 Å². The first-order chi connectivity index (χ1) is 8.19. The van der Waals surface area contributed by atoms with Crippen molar-refractivity contribution in [1.29, 1.82) is 0 Å².